The Balaban J connectivity index is 1.76. The topological polar surface area (TPSA) is 80.9 Å². The van der Waals surface area contributed by atoms with Crippen LogP contribution in [0.3, 0.4) is 0 Å². The van der Waals surface area contributed by atoms with Crippen molar-refractivity contribution in [3.8, 4) is 0 Å². The summed E-state index contributed by atoms with van der Waals surface area (Å²) in [4.78, 5) is 0. The van der Waals surface area contributed by atoms with Crippen LogP contribution in [-0.2, 0) is 0 Å². The fraction of sp³-hybridized carbons (Fsp3) is 1.00. The molecular weight excluding hydrogens is 400 g/mol. The first-order chi connectivity index (χ1) is 15.1. The van der Waals surface area contributed by atoms with Crippen molar-refractivity contribution in [2.45, 2.75) is 130 Å². The number of aliphatic hydroxyl groups is 4. The molecular formula is C28H54O4. The molecule has 2 rings (SSSR count). The molecule has 0 heterocycles. The molecule has 2 fully saturated rings. The molecule has 2 aliphatic rings. The number of hydrogen-bond donors (Lipinski definition) is 4. The molecule has 2 aliphatic carbocycles. The first-order valence-electron chi connectivity index (χ1n) is 13.7. The molecule has 6 atom stereocenters. The predicted molar refractivity (Wildman–Crippen MR) is 132 cm³/mol. The number of hydrogen-bond acceptors (Lipinski definition) is 4. The lowest BCUT2D eigenvalue weighted by Crippen LogP contribution is -2.36. The molecule has 0 amide bonds. The van der Waals surface area contributed by atoms with E-state index in [0.717, 1.165) is 77.0 Å². The molecule has 0 aromatic carbocycles. The summed E-state index contributed by atoms with van der Waals surface area (Å²) in [6.45, 7) is 8.92. The second kappa shape index (κ2) is 13.1. The maximum Gasteiger partial charge on any atom is 0.0596 e. The molecule has 0 aromatic heterocycles. The van der Waals surface area contributed by atoms with Gasteiger partial charge >= 0.3 is 0 Å². The highest BCUT2D eigenvalue weighted by molar-refractivity contribution is 4.86. The Hall–Kier alpha value is -0.160. The minimum atomic E-state index is -0.196. The van der Waals surface area contributed by atoms with Crippen molar-refractivity contribution in [2.75, 3.05) is 13.2 Å². The van der Waals surface area contributed by atoms with E-state index in [2.05, 4.69) is 27.7 Å². The molecule has 0 saturated heterocycles. The molecule has 4 N–H and O–H groups in total. The standard InChI is InChI=1S/C28H54O4/c1-27(2,19-29)17-7-13-21-9-5-11-23(25(21)31)15-16-24-12-6-10-22(26(24)32)14-8-18-28(3,4)20-30/h21-26,29-32H,5-20H2,1-4H3. The molecule has 0 radical (unpaired) electrons. The van der Waals surface area contributed by atoms with Crippen molar-refractivity contribution in [2.24, 2.45) is 34.5 Å². The summed E-state index contributed by atoms with van der Waals surface area (Å²) < 4.78 is 0. The van der Waals surface area contributed by atoms with Gasteiger partial charge in [-0.15, -0.1) is 0 Å². The third-order valence-electron chi connectivity index (χ3n) is 8.85. The van der Waals surface area contributed by atoms with Crippen LogP contribution in [0.15, 0.2) is 0 Å². The summed E-state index contributed by atoms with van der Waals surface area (Å²) in [7, 11) is 0. The van der Waals surface area contributed by atoms with Crippen molar-refractivity contribution in [1.82, 2.24) is 0 Å². The Bertz CT molecular complexity index is 472. The molecule has 4 nitrogen and oxygen atoms in total. The van der Waals surface area contributed by atoms with E-state index >= 15 is 0 Å². The van der Waals surface area contributed by atoms with Gasteiger partial charge in [0.25, 0.3) is 0 Å². The van der Waals surface area contributed by atoms with Crippen LogP contribution < -0.4 is 0 Å². The second-order valence-corrected chi connectivity index (χ2v) is 12.9. The lowest BCUT2D eigenvalue weighted by atomic mass is 9.70. The smallest absolute Gasteiger partial charge is 0.0596 e. The monoisotopic (exact) mass is 454 g/mol. The average molecular weight is 455 g/mol. The van der Waals surface area contributed by atoms with Crippen LogP contribution in [0.1, 0.15) is 118 Å². The van der Waals surface area contributed by atoms with E-state index < -0.39 is 0 Å². The van der Waals surface area contributed by atoms with Crippen LogP contribution in [-0.4, -0.2) is 45.8 Å². The van der Waals surface area contributed by atoms with Crippen molar-refractivity contribution >= 4 is 0 Å². The van der Waals surface area contributed by atoms with E-state index in [1.807, 2.05) is 0 Å². The Kier molecular flexibility index (Phi) is 11.5. The lowest BCUT2D eigenvalue weighted by molar-refractivity contribution is -0.0152. The maximum atomic E-state index is 11.0. The zero-order valence-electron chi connectivity index (χ0n) is 21.6. The number of aliphatic hydroxyl groups excluding tert-OH is 4. The molecule has 0 bridgehead atoms. The van der Waals surface area contributed by atoms with Gasteiger partial charge in [0, 0.05) is 13.2 Å². The van der Waals surface area contributed by atoms with Gasteiger partial charge in [-0.25, -0.2) is 0 Å². The third kappa shape index (κ3) is 8.89. The van der Waals surface area contributed by atoms with Crippen molar-refractivity contribution in [3.05, 3.63) is 0 Å². The van der Waals surface area contributed by atoms with E-state index in [0.29, 0.717) is 23.7 Å². The largest absolute Gasteiger partial charge is 0.396 e. The van der Waals surface area contributed by atoms with Gasteiger partial charge < -0.3 is 20.4 Å². The lowest BCUT2D eigenvalue weighted by Gasteiger charge is -2.39. The van der Waals surface area contributed by atoms with Gasteiger partial charge in [0.15, 0.2) is 0 Å². The van der Waals surface area contributed by atoms with Crippen LogP contribution in [0, 0.1) is 34.5 Å². The van der Waals surface area contributed by atoms with E-state index in [-0.39, 0.29) is 36.3 Å². The minimum absolute atomic E-state index is 0.0134. The highest BCUT2D eigenvalue weighted by Crippen LogP contribution is 2.40. The molecule has 0 aromatic rings. The molecule has 4 heteroatoms. The van der Waals surface area contributed by atoms with E-state index in [1.54, 1.807) is 0 Å². The summed E-state index contributed by atoms with van der Waals surface area (Å²) >= 11 is 0. The van der Waals surface area contributed by atoms with E-state index in [4.69, 9.17) is 0 Å². The van der Waals surface area contributed by atoms with Gasteiger partial charge in [-0.2, -0.15) is 0 Å². The normalized spacial score (nSPS) is 32.2. The number of rotatable bonds is 13. The maximum absolute atomic E-state index is 11.0. The molecule has 190 valence electrons. The Morgan fingerprint density at radius 2 is 0.875 bits per heavy atom. The van der Waals surface area contributed by atoms with Crippen molar-refractivity contribution in [1.29, 1.82) is 0 Å². The fourth-order valence-corrected chi connectivity index (χ4v) is 6.27. The summed E-state index contributed by atoms with van der Waals surface area (Å²) in [6.07, 6.45) is 15.0. The molecule has 6 unspecified atom stereocenters. The molecule has 2 saturated carbocycles. The first kappa shape index (κ1) is 28.1. The van der Waals surface area contributed by atoms with Crippen LogP contribution in [0.2, 0.25) is 0 Å². The van der Waals surface area contributed by atoms with Gasteiger partial charge in [-0.05, 0) is 98.7 Å². The third-order valence-corrected chi connectivity index (χ3v) is 8.85. The summed E-state index contributed by atoms with van der Waals surface area (Å²) in [6, 6.07) is 0. The van der Waals surface area contributed by atoms with Gasteiger partial charge in [0.1, 0.15) is 0 Å². The Labute approximate surface area is 198 Å². The average Bonchev–Trinajstić information content (AvgIpc) is 2.76. The van der Waals surface area contributed by atoms with E-state index in [1.165, 1.54) is 12.8 Å². The molecule has 32 heavy (non-hydrogen) atoms. The van der Waals surface area contributed by atoms with Gasteiger partial charge in [-0.3, -0.25) is 0 Å². The first-order valence-corrected chi connectivity index (χ1v) is 13.7. The van der Waals surface area contributed by atoms with Crippen LogP contribution in [0.5, 0.6) is 0 Å². The van der Waals surface area contributed by atoms with Crippen LogP contribution >= 0.6 is 0 Å². The van der Waals surface area contributed by atoms with Gasteiger partial charge in [-0.1, -0.05) is 53.4 Å². The van der Waals surface area contributed by atoms with Gasteiger partial charge in [0.05, 0.1) is 12.2 Å². The second-order valence-electron chi connectivity index (χ2n) is 12.9. The SMILES string of the molecule is CC(C)(CO)CCCC1CCCC(CCC2CCCC(CCCC(C)(C)CO)C2O)C1O. The summed E-state index contributed by atoms with van der Waals surface area (Å²) in [5.74, 6) is 1.58. The van der Waals surface area contributed by atoms with Gasteiger partial charge in [0.2, 0.25) is 0 Å². The Morgan fingerprint density at radius 1 is 0.562 bits per heavy atom. The zero-order valence-corrected chi connectivity index (χ0v) is 21.6. The summed E-state index contributed by atoms with van der Waals surface area (Å²) in [5, 5.41) is 41.0. The highest BCUT2D eigenvalue weighted by atomic mass is 16.3. The fourth-order valence-electron chi connectivity index (χ4n) is 6.27. The predicted octanol–water partition coefficient (Wildman–Crippen LogP) is 5.70. The molecule has 0 spiro atoms. The summed E-state index contributed by atoms with van der Waals surface area (Å²) in [5.41, 5.74) is -0.0267. The highest BCUT2D eigenvalue weighted by Gasteiger charge is 2.35. The molecule has 0 aliphatic heterocycles. The van der Waals surface area contributed by atoms with E-state index in [9.17, 15) is 20.4 Å². The zero-order chi connectivity index (χ0) is 23.8. The van der Waals surface area contributed by atoms with Crippen molar-refractivity contribution < 1.29 is 20.4 Å². The quantitative estimate of drug-likeness (QED) is 0.288. The van der Waals surface area contributed by atoms with Crippen LogP contribution in [0.4, 0.5) is 0 Å². The van der Waals surface area contributed by atoms with Crippen LogP contribution in [0.25, 0.3) is 0 Å². The van der Waals surface area contributed by atoms with Crippen molar-refractivity contribution in [3.63, 3.8) is 0 Å². The minimum Gasteiger partial charge on any atom is -0.396 e. The Morgan fingerprint density at radius 3 is 1.19 bits per heavy atom.